The minimum atomic E-state index is 0.290. The Kier molecular flexibility index (Phi) is 2.89. The first-order valence-corrected chi connectivity index (χ1v) is 6.83. The normalized spacial score (nSPS) is 10.9. The predicted molar refractivity (Wildman–Crippen MR) is 77.9 cm³/mol. The number of thiazole rings is 1. The summed E-state index contributed by atoms with van der Waals surface area (Å²) in [6.45, 7) is 0.692. The summed E-state index contributed by atoms with van der Waals surface area (Å²) in [5.74, 6) is 0.290. The van der Waals surface area contributed by atoms with Gasteiger partial charge in [-0.15, -0.1) is 11.3 Å². The standard InChI is InChI=1S/C14H11NOS2/c16-11-5-3-4-10(8-11)9-15-12-6-1-2-7-13(12)18-14(15)17/h1-8,16H,9H2. The van der Waals surface area contributed by atoms with Gasteiger partial charge >= 0.3 is 0 Å². The van der Waals surface area contributed by atoms with Gasteiger partial charge in [-0.25, -0.2) is 0 Å². The van der Waals surface area contributed by atoms with Gasteiger partial charge in [0.15, 0.2) is 3.95 Å². The van der Waals surface area contributed by atoms with Gasteiger partial charge in [0, 0.05) is 6.54 Å². The molecule has 0 unspecified atom stereocenters. The predicted octanol–water partition coefficient (Wildman–Crippen LogP) is 4.19. The van der Waals surface area contributed by atoms with Crippen molar-refractivity contribution < 1.29 is 5.11 Å². The molecule has 0 aliphatic carbocycles. The molecule has 0 fully saturated rings. The highest BCUT2D eigenvalue weighted by Crippen LogP contribution is 2.24. The first-order chi connectivity index (χ1) is 8.74. The number of nitrogens with zero attached hydrogens (tertiary/aromatic N) is 1. The molecule has 0 bridgehead atoms. The molecule has 2 nitrogen and oxygen atoms in total. The van der Waals surface area contributed by atoms with Crippen molar-refractivity contribution in [2.24, 2.45) is 0 Å². The molecule has 4 heteroatoms. The lowest BCUT2D eigenvalue weighted by molar-refractivity contribution is 0.474. The molecule has 0 spiro atoms. The van der Waals surface area contributed by atoms with E-state index in [1.807, 2.05) is 24.3 Å². The van der Waals surface area contributed by atoms with Crippen molar-refractivity contribution in [3.05, 3.63) is 58.0 Å². The summed E-state index contributed by atoms with van der Waals surface area (Å²) in [5.41, 5.74) is 2.20. The van der Waals surface area contributed by atoms with E-state index < -0.39 is 0 Å². The van der Waals surface area contributed by atoms with E-state index in [1.165, 1.54) is 4.70 Å². The summed E-state index contributed by atoms with van der Waals surface area (Å²) in [4.78, 5) is 0. The van der Waals surface area contributed by atoms with E-state index in [4.69, 9.17) is 12.2 Å². The van der Waals surface area contributed by atoms with E-state index in [-0.39, 0.29) is 0 Å². The van der Waals surface area contributed by atoms with Crippen LogP contribution in [0.2, 0.25) is 0 Å². The third-order valence-electron chi connectivity index (χ3n) is 2.82. The highest BCUT2D eigenvalue weighted by Gasteiger charge is 2.05. The Morgan fingerprint density at radius 1 is 1.11 bits per heavy atom. The molecule has 1 aromatic heterocycles. The van der Waals surface area contributed by atoms with Crippen LogP contribution in [-0.2, 0) is 6.54 Å². The Bertz CT molecular complexity index is 758. The van der Waals surface area contributed by atoms with Gasteiger partial charge in [-0.2, -0.15) is 0 Å². The first kappa shape index (κ1) is 11.4. The first-order valence-electron chi connectivity index (χ1n) is 5.60. The summed E-state index contributed by atoms with van der Waals surface area (Å²) in [7, 11) is 0. The van der Waals surface area contributed by atoms with Crippen molar-refractivity contribution in [3.8, 4) is 5.75 Å². The van der Waals surface area contributed by atoms with Crippen LogP contribution in [0.15, 0.2) is 48.5 Å². The molecule has 2 aromatic carbocycles. The molecule has 1 N–H and O–H groups in total. The molecule has 0 amide bonds. The fourth-order valence-electron chi connectivity index (χ4n) is 2.00. The van der Waals surface area contributed by atoms with Crippen LogP contribution in [0.4, 0.5) is 0 Å². The third-order valence-corrected chi connectivity index (χ3v) is 4.26. The third kappa shape index (κ3) is 2.05. The zero-order chi connectivity index (χ0) is 12.5. The number of aromatic nitrogens is 1. The van der Waals surface area contributed by atoms with E-state index >= 15 is 0 Å². The van der Waals surface area contributed by atoms with Gasteiger partial charge in [0.25, 0.3) is 0 Å². The Morgan fingerprint density at radius 3 is 2.78 bits per heavy atom. The van der Waals surface area contributed by atoms with Crippen LogP contribution in [0, 0.1) is 3.95 Å². The summed E-state index contributed by atoms with van der Waals surface area (Å²) in [6, 6.07) is 15.5. The molecule has 3 rings (SSSR count). The van der Waals surface area contributed by atoms with Crippen molar-refractivity contribution in [1.29, 1.82) is 0 Å². The Hall–Kier alpha value is -1.65. The SMILES string of the molecule is Oc1cccc(Cn2c(=S)sc3ccccc32)c1. The zero-order valence-corrected chi connectivity index (χ0v) is 11.2. The van der Waals surface area contributed by atoms with E-state index in [9.17, 15) is 5.11 Å². The summed E-state index contributed by atoms with van der Waals surface area (Å²) >= 11 is 7.02. The molecular weight excluding hydrogens is 262 g/mol. The average molecular weight is 273 g/mol. The summed E-state index contributed by atoms with van der Waals surface area (Å²) in [6.07, 6.45) is 0. The lowest BCUT2D eigenvalue weighted by atomic mass is 10.2. The van der Waals surface area contributed by atoms with Gasteiger partial charge < -0.3 is 9.67 Å². The molecule has 0 saturated carbocycles. The Morgan fingerprint density at radius 2 is 1.94 bits per heavy atom. The minimum absolute atomic E-state index is 0.290. The molecular formula is C14H11NOS2. The van der Waals surface area contributed by atoms with Gasteiger partial charge in [-0.3, -0.25) is 0 Å². The topological polar surface area (TPSA) is 25.2 Å². The summed E-state index contributed by atoms with van der Waals surface area (Å²) in [5, 5.41) is 9.49. The number of hydrogen-bond donors (Lipinski definition) is 1. The molecule has 0 aliphatic rings. The fraction of sp³-hybridized carbons (Fsp3) is 0.0714. The zero-order valence-electron chi connectivity index (χ0n) is 9.54. The van der Waals surface area contributed by atoms with Crippen LogP contribution in [0.25, 0.3) is 10.2 Å². The average Bonchev–Trinajstić information content (AvgIpc) is 2.66. The lowest BCUT2D eigenvalue weighted by Gasteiger charge is -2.05. The van der Waals surface area contributed by atoms with Crippen LogP contribution in [-0.4, -0.2) is 9.67 Å². The maximum atomic E-state index is 9.49. The van der Waals surface area contributed by atoms with E-state index in [0.717, 1.165) is 15.0 Å². The molecule has 0 radical (unpaired) electrons. The smallest absolute Gasteiger partial charge is 0.162 e. The highest BCUT2D eigenvalue weighted by atomic mass is 32.1. The number of aromatic hydroxyl groups is 1. The Labute approximate surface area is 114 Å². The van der Waals surface area contributed by atoms with Gasteiger partial charge in [0.05, 0.1) is 10.2 Å². The van der Waals surface area contributed by atoms with Gasteiger partial charge in [-0.05, 0) is 42.0 Å². The maximum absolute atomic E-state index is 9.49. The highest BCUT2D eigenvalue weighted by molar-refractivity contribution is 7.73. The Balaban J connectivity index is 2.10. The van der Waals surface area contributed by atoms with Crippen molar-refractivity contribution in [2.75, 3.05) is 0 Å². The second-order valence-electron chi connectivity index (χ2n) is 4.09. The minimum Gasteiger partial charge on any atom is -0.508 e. The van der Waals surface area contributed by atoms with Crippen LogP contribution >= 0.6 is 23.6 Å². The van der Waals surface area contributed by atoms with E-state index in [0.29, 0.717) is 12.3 Å². The van der Waals surface area contributed by atoms with E-state index in [2.05, 4.69) is 16.7 Å². The number of phenols is 1. The van der Waals surface area contributed by atoms with Crippen molar-refractivity contribution >= 4 is 33.8 Å². The molecule has 0 atom stereocenters. The maximum Gasteiger partial charge on any atom is 0.162 e. The van der Waals surface area contributed by atoms with Crippen LogP contribution in [0.5, 0.6) is 5.75 Å². The summed E-state index contributed by atoms with van der Waals surface area (Å²) < 4.78 is 4.16. The van der Waals surface area contributed by atoms with Gasteiger partial charge in [-0.1, -0.05) is 24.3 Å². The molecule has 1 heterocycles. The number of benzene rings is 2. The van der Waals surface area contributed by atoms with Crippen LogP contribution in [0.3, 0.4) is 0 Å². The van der Waals surface area contributed by atoms with E-state index in [1.54, 1.807) is 23.5 Å². The van der Waals surface area contributed by atoms with Crippen LogP contribution in [0.1, 0.15) is 5.56 Å². The number of rotatable bonds is 2. The second-order valence-corrected chi connectivity index (χ2v) is 5.77. The number of phenolic OH excluding ortho intramolecular Hbond substituents is 1. The molecule has 18 heavy (non-hydrogen) atoms. The van der Waals surface area contributed by atoms with Gasteiger partial charge in [0.1, 0.15) is 5.75 Å². The molecule has 3 aromatic rings. The van der Waals surface area contributed by atoms with Crippen molar-refractivity contribution in [2.45, 2.75) is 6.54 Å². The number of hydrogen-bond acceptors (Lipinski definition) is 3. The molecule has 0 aliphatic heterocycles. The molecule has 0 saturated heterocycles. The van der Waals surface area contributed by atoms with Crippen molar-refractivity contribution in [3.63, 3.8) is 0 Å². The fourth-order valence-corrected chi connectivity index (χ4v) is 3.32. The van der Waals surface area contributed by atoms with Gasteiger partial charge in [0.2, 0.25) is 0 Å². The quantitative estimate of drug-likeness (QED) is 0.708. The monoisotopic (exact) mass is 273 g/mol. The number of fused-ring (bicyclic) bond motifs is 1. The van der Waals surface area contributed by atoms with Crippen LogP contribution < -0.4 is 0 Å². The second kappa shape index (κ2) is 4.55. The largest absolute Gasteiger partial charge is 0.508 e. The number of para-hydroxylation sites is 1. The lowest BCUT2D eigenvalue weighted by Crippen LogP contribution is -1.98. The van der Waals surface area contributed by atoms with Crippen molar-refractivity contribution in [1.82, 2.24) is 4.57 Å². The molecule has 90 valence electrons.